The summed E-state index contributed by atoms with van der Waals surface area (Å²) in [6, 6.07) is 3.89. The molecule has 0 radical (unpaired) electrons. The Balaban J connectivity index is 1.94. The van der Waals surface area contributed by atoms with Gasteiger partial charge in [0.05, 0.1) is 27.9 Å². The number of ether oxygens (including phenoxy) is 3. The van der Waals surface area contributed by atoms with Crippen molar-refractivity contribution in [1.82, 2.24) is 5.32 Å². The number of amides is 1. The molecule has 1 aliphatic rings. The Bertz CT molecular complexity index is 515. The molecule has 0 bridgehead atoms. The van der Waals surface area contributed by atoms with E-state index in [9.17, 15) is 4.79 Å². The lowest BCUT2D eigenvalue weighted by molar-refractivity contribution is -0.120. The lowest BCUT2D eigenvalue weighted by Crippen LogP contribution is -2.38. The number of rotatable bonds is 7. The van der Waals surface area contributed by atoms with Crippen molar-refractivity contribution >= 4 is 11.6 Å². The van der Waals surface area contributed by atoms with Gasteiger partial charge >= 0.3 is 0 Å². The summed E-state index contributed by atoms with van der Waals surface area (Å²) in [7, 11) is 4.70. The standard InChI is InChI=1S/C18H28N2O4/c1-22-15-10-14(11-16(23-2)18(15)24-3)19-12-17(21)20-13-8-6-4-5-7-9-13/h10-11,13,19H,4-9,12H2,1-3H3,(H,20,21). The fourth-order valence-corrected chi connectivity index (χ4v) is 3.07. The van der Waals surface area contributed by atoms with Gasteiger partial charge in [0.2, 0.25) is 11.7 Å². The molecule has 1 fully saturated rings. The van der Waals surface area contributed by atoms with Gasteiger partial charge in [0.1, 0.15) is 0 Å². The van der Waals surface area contributed by atoms with Crippen LogP contribution in [0, 0.1) is 0 Å². The van der Waals surface area contributed by atoms with Gasteiger partial charge in [-0.25, -0.2) is 0 Å². The quantitative estimate of drug-likeness (QED) is 0.749. The Labute approximate surface area is 143 Å². The van der Waals surface area contributed by atoms with Crippen molar-refractivity contribution in [2.24, 2.45) is 0 Å². The molecule has 0 saturated heterocycles. The molecule has 0 aromatic heterocycles. The molecule has 1 amide bonds. The third-order valence-electron chi connectivity index (χ3n) is 4.34. The van der Waals surface area contributed by atoms with Crippen molar-refractivity contribution in [2.75, 3.05) is 33.2 Å². The molecule has 0 aliphatic heterocycles. The summed E-state index contributed by atoms with van der Waals surface area (Å²) >= 11 is 0. The summed E-state index contributed by atoms with van der Waals surface area (Å²) in [5.74, 6) is 1.66. The Kier molecular flexibility index (Phi) is 7.03. The van der Waals surface area contributed by atoms with Crippen LogP contribution in [0.3, 0.4) is 0 Å². The molecule has 0 spiro atoms. The van der Waals surface area contributed by atoms with Gasteiger partial charge in [0, 0.05) is 23.9 Å². The lowest BCUT2D eigenvalue weighted by Gasteiger charge is -2.18. The zero-order chi connectivity index (χ0) is 17.4. The average Bonchev–Trinajstić information content (AvgIpc) is 2.87. The van der Waals surface area contributed by atoms with Crippen molar-refractivity contribution < 1.29 is 19.0 Å². The van der Waals surface area contributed by atoms with Crippen LogP contribution in [0.15, 0.2) is 12.1 Å². The highest BCUT2D eigenvalue weighted by molar-refractivity contribution is 5.81. The fourth-order valence-electron chi connectivity index (χ4n) is 3.07. The minimum Gasteiger partial charge on any atom is -0.493 e. The first kappa shape index (κ1) is 18.2. The Morgan fingerprint density at radius 2 is 1.58 bits per heavy atom. The molecular formula is C18H28N2O4. The van der Waals surface area contributed by atoms with Gasteiger partial charge in [0.25, 0.3) is 0 Å². The predicted octanol–water partition coefficient (Wildman–Crippen LogP) is 2.96. The van der Waals surface area contributed by atoms with Crippen molar-refractivity contribution in [3.05, 3.63) is 12.1 Å². The van der Waals surface area contributed by atoms with Crippen LogP contribution in [-0.2, 0) is 4.79 Å². The molecule has 24 heavy (non-hydrogen) atoms. The molecule has 6 nitrogen and oxygen atoms in total. The molecule has 2 rings (SSSR count). The third-order valence-corrected chi connectivity index (χ3v) is 4.34. The van der Waals surface area contributed by atoms with Crippen LogP contribution in [0.1, 0.15) is 38.5 Å². The van der Waals surface area contributed by atoms with Crippen molar-refractivity contribution in [2.45, 2.75) is 44.6 Å². The summed E-state index contributed by atoms with van der Waals surface area (Å²) < 4.78 is 15.9. The maximum atomic E-state index is 12.2. The number of anilines is 1. The van der Waals surface area contributed by atoms with Crippen LogP contribution in [-0.4, -0.2) is 39.8 Å². The van der Waals surface area contributed by atoms with E-state index < -0.39 is 0 Å². The number of benzene rings is 1. The monoisotopic (exact) mass is 336 g/mol. The van der Waals surface area contributed by atoms with E-state index >= 15 is 0 Å². The van der Waals surface area contributed by atoms with Gasteiger partial charge in [-0.05, 0) is 12.8 Å². The van der Waals surface area contributed by atoms with Gasteiger partial charge < -0.3 is 24.8 Å². The van der Waals surface area contributed by atoms with Gasteiger partial charge in [-0.15, -0.1) is 0 Å². The summed E-state index contributed by atoms with van der Waals surface area (Å²) in [6.07, 6.45) is 7.11. The van der Waals surface area contributed by atoms with E-state index in [4.69, 9.17) is 14.2 Å². The molecule has 134 valence electrons. The number of hydrogen-bond donors (Lipinski definition) is 2. The molecule has 0 heterocycles. The van der Waals surface area contributed by atoms with Crippen LogP contribution in [0.2, 0.25) is 0 Å². The summed E-state index contributed by atoms with van der Waals surface area (Å²) in [6.45, 7) is 0.217. The molecule has 0 atom stereocenters. The zero-order valence-electron chi connectivity index (χ0n) is 14.8. The third kappa shape index (κ3) is 4.94. The van der Waals surface area contributed by atoms with Crippen molar-refractivity contribution in [3.63, 3.8) is 0 Å². The molecule has 0 unspecified atom stereocenters. The van der Waals surface area contributed by atoms with E-state index in [1.165, 1.54) is 25.7 Å². The van der Waals surface area contributed by atoms with Gasteiger partial charge in [0.15, 0.2) is 11.5 Å². The number of nitrogens with one attached hydrogen (secondary N) is 2. The molecule has 1 aromatic rings. The average molecular weight is 336 g/mol. The summed E-state index contributed by atoms with van der Waals surface area (Å²) in [4.78, 5) is 12.2. The first-order chi connectivity index (χ1) is 11.7. The van der Waals surface area contributed by atoms with E-state index in [-0.39, 0.29) is 12.5 Å². The number of carbonyl (C=O) groups is 1. The zero-order valence-corrected chi connectivity index (χ0v) is 14.8. The maximum Gasteiger partial charge on any atom is 0.239 e. The Hall–Kier alpha value is -2.11. The molecule has 1 aliphatic carbocycles. The van der Waals surface area contributed by atoms with Crippen LogP contribution in [0.5, 0.6) is 17.2 Å². The van der Waals surface area contributed by atoms with Crippen LogP contribution in [0.25, 0.3) is 0 Å². The molecular weight excluding hydrogens is 308 g/mol. The molecule has 1 saturated carbocycles. The van der Waals surface area contributed by atoms with Crippen molar-refractivity contribution in [1.29, 1.82) is 0 Å². The smallest absolute Gasteiger partial charge is 0.239 e. The SMILES string of the molecule is COc1cc(NCC(=O)NC2CCCCCC2)cc(OC)c1OC. The fraction of sp³-hybridized carbons (Fsp3) is 0.611. The lowest BCUT2D eigenvalue weighted by atomic mass is 10.1. The first-order valence-corrected chi connectivity index (χ1v) is 8.51. The largest absolute Gasteiger partial charge is 0.493 e. The number of methoxy groups -OCH3 is 3. The Morgan fingerprint density at radius 1 is 1.00 bits per heavy atom. The highest BCUT2D eigenvalue weighted by Crippen LogP contribution is 2.39. The van der Waals surface area contributed by atoms with Crippen LogP contribution in [0.4, 0.5) is 5.69 Å². The second kappa shape index (κ2) is 9.25. The summed E-state index contributed by atoms with van der Waals surface area (Å²) in [5, 5.41) is 6.24. The minimum atomic E-state index is 0.00986. The van der Waals surface area contributed by atoms with Crippen LogP contribution < -0.4 is 24.8 Å². The van der Waals surface area contributed by atoms with Gasteiger partial charge in [-0.3, -0.25) is 4.79 Å². The van der Waals surface area contributed by atoms with Gasteiger partial charge in [-0.2, -0.15) is 0 Å². The second-order valence-electron chi connectivity index (χ2n) is 6.02. The van der Waals surface area contributed by atoms with Gasteiger partial charge in [-0.1, -0.05) is 25.7 Å². The number of hydrogen-bond acceptors (Lipinski definition) is 5. The number of carbonyl (C=O) groups excluding carboxylic acids is 1. The topological polar surface area (TPSA) is 68.8 Å². The van der Waals surface area contributed by atoms with Crippen LogP contribution >= 0.6 is 0 Å². The van der Waals surface area contributed by atoms with Crippen molar-refractivity contribution in [3.8, 4) is 17.2 Å². The van der Waals surface area contributed by atoms with E-state index in [2.05, 4.69) is 10.6 Å². The maximum absolute atomic E-state index is 12.2. The van der Waals surface area contributed by atoms with E-state index in [0.717, 1.165) is 18.5 Å². The molecule has 1 aromatic carbocycles. The first-order valence-electron chi connectivity index (χ1n) is 8.51. The summed E-state index contributed by atoms with van der Waals surface area (Å²) in [5.41, 5.74) is 0.750. The second-order valence-corrected chi connectivity index (χ2v) is 6.02. The van der Waals surface area contributed by atoms with E-state index in [1.54, 1.807) is 33.5 Å². The van der Waals surface area contributed by atoms with E-state index in [1.807, 2.05) is 0 Å². The molecule has 2 N–H and O–H groups in total. The highest BCUT2D eigenvalue weighted by Gasteiger charge is 2.16. The molecule has 6 heteroatoms. The normalized spacial score (nSPS) is 15.3. The van der Waals surface area contributed by atoms with E-state index in [0.29, 0.717) is 23.3 Å². The minimum absolute atomic E-state index is 0.00986. The highest BCUT2D eigenvalue weighted by atomic mass is 16.5. The Morgan fingerprint density at radius 3 is 2.08 bits per heavy atom. The predicted molar refractivity (Wildman–Crippen MR) is 94.2 cm³/mol.